The number of esters is 1. The van der Waals surface area contributed by atoms with E-state index in [-0.39, 0.29) is 12.0 Å². The highest BCUT2D eigenvalue weighted by Crippen LogP contribution is 2.20. The van der Waals surface area contributed by atoms with Gasteiger partial charge in [-0.1, -0.05) is 49.4 Å². The zero-order valence-electron chi connectivity index (χ0n) is 12.9. The van der Waals surface area contributed by atoms with Crippen LogP contribution in [0.5, 0.6) is 0 Å². The molecule has 1 aromatic rings. The highest BCUT2D eigenvalue weighted by molar-refractivity contribution is 5.82. The third-order valence-electron chi connectivity index (χ3n) is 3.19. The minimum atomic E-state index is -0.444. The fraction of sp³-hybridized carbons (Fsp3) is 0.353. The SMILES string of the molecule is COC(=O)/C=C(/OC)C(C)C(/C=C/c1ccccc1)OC. The first-order valence-electron chi connectivity index (χ1n) is 6.72. The van der Waals surface area contributed by atoms with Gasteiger partial charge in [0.05, 0.1) is 26.4 Å². The first kappa shape index (κ1) is 17.0. The van der Waals surface area contributed by atoms with Crippen LogP contribution < -0.4 is 0 Å². The van der Waals surface area contributed by atoms with Crippen LogP contribution >= 0.6 is 0 Å². The lowest BCUT2D eigenvalue weighted by molar-refractivity contribution is -0.135. The van der Waals surface area contributed by atoms with E-state index in [2.05, 4.69) is 4.74 Å². The number of carbonyl (C=O) groups excluding carboxylic acids is 1. The molecule has 0 radical (unpaired) electrons. The summed E-state index contributed by atoms with van der Waals surface area (Å²) in [4.78, 5) is 11.3. The molecule has 0 aliphatic heterocycles. The Balaban J connectivity index is 2.85. The Hall–Kier alpha value is -2.07. The first-order chi connectivity index (χ1) is 10.1. The van der Waals surface area contributed by atoms with Crippen molar-refractivity contribution in [3.05, 3.63) is 53.8 Å². The van der Waals surface area contributed by atoms with Crippen LogP contribution in [0.1, 0.15) is 12.5 Å². The number of ether oxygens (including phenoxy) is 3. The fourth-order valence-corrected chi connectivity index (χ4v) is 1.93. The molecule has 0 saturated carbocycles. The molecule has 0 N–H and O–H groups in total. The topological polar surface area (TPSA) is 44.8 Å². The largest absolute Gasteiger partial charge is 0.500 e. The Morgan fingerprint density at radius 1 is 1.10 bits per heavy atom. The Labute approximate surface area is 126 Å². The van der Waals surface area contributed by atoms with Gasteiger partial charge in [-0.05, 0) is 5.56 Å². The van der Waals surface area contributed by atoms with Crippen molar-refractivity contribution < 1.29 is 19.0 Å². The summed E-state index contributed by atoms with van der Waals surface area (Å²) in [6.45, 7) is 1.93. The van der Waals surface area contributed by atoms with Crippen LogP contribution in [0, 0.1) is 5.92 Å². The average Bonchev–Trinajstić information content (AvgIpc) is 2.53. The van der Waals surface area contributed by atoms with Crippen molar-refractivity contribution in [2.75, 3.05) is 21.3 Å². The van der Waals surface area contributed by atoms with Crippen LogP contribution in [-0.2, 0) is 19.0 Å². The lowest BCUT2D eigenvalue weighted by atomic mass is 10.0. The van der Waals surface area contributed by atoms with E-state index in [0.717, 1.165) is 5.56 Å². The van der Waals surface area contributed by atoms with E-state index < -0.39 is 5.97 Å². The predicted octanol–water partition coefficient (Wildman–Crippen LogP) is 3.05. The molecule has 2 unspecified atom stereocenters. The Bertz CT molecular complexity index is 491. The third kappa shape index (κ3) is 5.44. The van der Waals surface area contributed by atoms with Gasteiger partial charge >= 0.3 is 5.97 Å². The quantitative estimate of drug-likeness (QED) is 0.440. The monoisotopic (exact) mass is 290 g/mol. The maximum Gasteiger partial charge on any atom is 0.333 e. The van der Waals surface area contributed by atoms with Crippen molar-refractivity contribution in [1.82, 2.24) is 0 Å². The summed E-state index contributed by atoms with van der Waals surface area (Å²) in [5, 5.41) is 0. The number of rotatable bonds is 7. The molecule has 0 saturated heterocycles. The Morgan fingerprint density at radius 3 is 2.29 bits per heavy atom. The van der Waals surface area contributed by atoms with Crippen LogP contribution in [0.3, 0.4) is 0 Å². The van der Waals surface area contributed by atoms with Crippen molar-refractivity contribution in [2.24, 2.45) is 5.92 Å². The molecular weight excluding hydrogens is 268 g/mol. The average molecular weight is 290 g/mol. The molecular formula is C17H22O4. The van der Waals surface area contributed by atoms with Gasteiger partial charge in [0.15, 0.2) is 0 Å². The van der Waals surface area contributed by atoms with Crippen LogP contribution in [0.15, 0.2) is 48.2 Å². The fourth-order valence-electron chi connectivity index (χ4n) is 1.93. The maximum absolute atomic E-state index is 11.3. The Kier molecular flexibility index (Phi) is 7.26. The molecule has 0 bridgehead atoms. The number of methoxy groups -OCH3 is 3. The van der Waals surface area contributed by atoms with Gasteiger partial charge in [0.2, 0.25) is 0 Å². The van der Waals surface area contributed by atoms with E-state index >= 15 is 0 Å². The summed E-state index contributed by atoms with van der Waals surface area (Å²) in [5.74, 6) is -0.0361. The van der Waals surface area contributed by atoms with Crippen molar-refractivity contribution in [3.8, 4) is 0 Å². The summed E-state index contributed by atoms with van der Waals surface area (Å²) in [6.07, 6.45) is 5.06. The zero-order valence-corrected chi connectivity index (χ0v) is 12.9. The predicted molar refractivity (Wildman–Crippen MR) is 82.5 cm³/mol. The van der Waals surface area contributed by atoms with Crippen molar-refractivity contribution in [1.29, 1.82) is 0 Å². The van der Waals surface area contributed by atoms with Crippen molar-refractivity contribution in [3.63, 3.8) is 0 Å². The molecule has 0 aromatic heterocycles. The molecule has 114 valence electrons. The molecule has 0 heterocycles. The molecule has 21 heavy (non-hydrogen) atoms. The van der Waals surface area contributed by atoms with E-state index in [1.807, 2.05) is 49.4 Å². The molecule has 1 rings (SSSR count). The molecule has 0 fully saturated rings. The minimum Gasteiger partial charge on any atom is -0.500 e. The summed E-state index contributed by atoms with van der Waals surface area (Å²) in [6, 6.07) is 9.94. The van der Waals surface area contributed by atoms with Gasteiger partial charge in [0, 0.05) is 13.0 Å². The van der Waals surface area contributed by atoms with Crippen LogP contribution in [0.4, 0.5) is 0 Å². The highest BCUT2D eigenvalue weighted by atomic mass is 16.5. The Morgan fingerprint density at radius 2 is 1.76 bits per heavy atom. The van der Waals surface area contributed by atoms with Gasteiger partial charge in [-0.3, -0.25) is 0 Å². The van der Waals surface area contributed by atoms with Gasteiger partial charge in [0.25, 0.3) is 0 Å². The second kappa shape index (κ2) is 8.97. The van der Waals surface area contributed by atoms with E-state index in [0.29, 0.717) is 5.76 Å². The summed E-state index contributed by atoms with van der Waals surface area (Å²) in [5.41, 5.74) is 1.09. The van der Waals surface area contributed by atoms with Gasteiger partial charge < -0.3 is 14.2 Å². The molecule has 4 heteroatoms. The van der Waals surface area contributed by atoms with Crippen LogP contribution in [-0.4, -0.2) is 33.4 Å². The maximum atomic E-state index is 11.3. The second-order valence-electron chi connectivity index (χ2n) is 4.53. The molecule has 0 aliphatic carbocycles. The van der Waals surface area contributed by atoms with E-state index in [1.54, 1.807) is 7.11 Å². The second-order valence-corrected chi connectivity index (χ2v) is 4.53. The zero-order chi connectivity index (χ0) is 15.7. The van der Waals surface area contributed by atoms with Gasteiger partial charge in [0.1, 0.15) is 5.76 Å². The number of benzene rings is 1. The standard InChI is InChI=1S/C17H22O4/c1-13(16(20-3)12-17(18)21-4)15(19-2)11-10-14-8-6-5-7-9-14/h5-13,15H,1-4H3/b11-10+,16-12+. The number of hydrogen-bond acceptors (Lipinski definition) is 4. The molecule has 0 spiro atoms. The van der Waals surface area contributed by atoms with Crippen LogP contribution in [0.25, 0.3) is 6.08 Å². The van der Waals surface area contributed by atoms with E-state index in [9.17, 15) is 4.79 Å². The van der Waals surface area contributed by atoms with Crippen molar-refractivity contribution in [2.45, 2.75) is 13.0 Å². The van der Waals surface area contributed by atoms with Gasteiger partial charge in [-0.25, -0.2) is 4.79 Å². The lowest BCUT2D eigenvalue weighted by Gasteiger charge is -2.21. The molecule has 1 aromatic carbocycles. The van der Waals surface area contributed by atoms with Gasteiger partial charge in [-0.2, -0.15) is 0 Å². The number of carbonyl (C=O) groups is 1. The minimum absolute atomic E-state index is 0.112. The van der Waals surface area contributed by atoms with E-state index in [4.69, 9.17) is 9.47 Å². The first-order valence-corrected chi connectivity index (χ1v) is 6.72. The smallest absolute Gasteiger partial charge is 0.333 e. The van der Waals surface area contributed by atoms with Crippen LogP contribution in [0.2, 0.25) is 0 Å². The van der Waals surface area contributed by atoms with Crippen molar-refractivity contribution >= 4 is 12.0 Å². The highest BCUT2D eigenvalue weighted by Gasteiger charge is 2.20. The molecule has 0 aliphatic rings. The molecule has 2 atom stereocenters. The molecule has 4 nitrogen and oxygen atoms in total. The normalized spacial score (nSPS) is 14.8. The van der Waals surface area contributed by atoms with Gasteiger partial charge in [-0.15, -0.1) is 0 Å². The van der Waals surface area contributed by atoms with E-state index in [1.165, 1.54) is 20.3 Å². The summed E-state index contributed by atoms with van der Waals surface area (Å²) in [7, 11) is 4.49. The molecule has 0 amide bonds. The summed E-state index contributed by atoms with van der Waals surface area (Å²) < 4.78 is 15.4. The summed E-state index contributed by atoms with van der Waals surface area (Å²) >= 11 is 0. The lowest BCUT2D eigenvalue weighted by Crippen LogP contribution is -2.21. The third-order valence-corrected chi connectivity index (χ3v) is 3.19. The number of hydrogen-bond donors (Lipinski definition) is 0.